The molecule has 2 N–H and O–H groups in total. The van der Waals surface area contributed by atoms with Crippen LogP contribution in [0, 0.1) is 13.8 Å². The summed E-state index contributed by atoms with van der Waals surface area (Å²) in [5, 5.41) is 6.28. The first-order chi connectivity index (χ1) is 8.69. The van der Waals surface area contributed by atoms with Gasteiger partial charge >= 0.3 is 0 Å². The molecule has 0 unspecified atom stereocenters. The number of rotatable bonds is 4. The highest BCUT2D eigenvalue weighted by Gasteiger charge is 2.01. The molecule has 0 fully saturated rings. The molecule has 1 aromatic carbocycles. The van der Waals surface area contributed by atoms with Gasteiger partial charge in [0.15, 0.2) is 0 Å². The normalized spacial score (nSPS) is 10.2. The predicted octanol–water partition coefficient (Wildman–Crippen LogP) is 2.75. The SMILES string of the molecule is CNc1nc(C)cc(NCc2ccccc2C)n1. The molecule has 0 atom stereocenters. The van der Waals surface area contributed by atoms with Gasteiger partial charge in [0, 0.05) is 25.4 Å². The maximum absolute atomic E-state index is 4.36. The topological polar surface area (TPSA) is 49.8 Å². The summed E-state index contributed by atoms with van der Waals surface area (Å²) in [6, 6.07) is 10.3. The molecule has 2 aromatic rings. The highest BCUT2D eigenvalue weighted by atomic mass is 15.1. The molecule has 1 heterocycles. The van der Waals surface area contributed by atoms with Crippen molar-refractivity contribution in [1.29, 1.82) is 0 Å². The molecule has 2 rings (SSSR count). The fourth-order valence-electron chi connectivity index (χ4n) is 1.77. The zero-order chi connectivity index (χ0) is 13.0. The maximum atomic E-state index is 4.36. The van der Waals surface area contributed by atoms with Gasteiger partial charge in [0.1, 0.15) is 5.82 Å². The number of aryl methyl sites for hydroxylation is 2. The van der Waals surface area contributed by atoms with E-state index in [1.807, 2.05) is 32.2 Å². The van der Waals surface area contributed by atoms with Crippen molar-refractivity contribution in [2.75, 3.05) is 17.7 Å². The molecule has 0 aliphatic carbocycles. The van der Waals surface area contributed by atoms with Crippen LogP contribution < -0.4 is 10.6 Å². The van der Waals surface area contributed by atoms with Crippen LogP contribution in [0.2, 0.25) is 0 Å². The Morgan fingerprint density at radius 1 is 1.11 bits per heavy atom. The van der Waals surface area contributed by atoms with Gasteiger partial charge in [-0.2, -0.15) is 4.98 Å². The van der Waals surface area contributed by atoms with E-state index in [9.17, 15) is 0 Å². The van der Waals surface area contributed by atoms with Gasteiger partial charge in [-0.1, -0.05) is 24.3 Å². The lowest BCUT2D eigenvalue weighted by molar-refractivity contribution is 1.04. The molecule has 18 heavy (non-hydrogen) atoms. The van der Waals surface area contributed by atoms with Crippen molar-refractivity contribution in [3.05, 3.63) is 47.2 Å². The van der Waals surface area contributed by atoms with E-state index in [1.165, 1.54) is 11.1 Å². The van der Waals surface area contributed by atoms with Gasteiger partial charge in [-0.25, -0.2) is 4.98 Å². The number of hydrogen-bond acceptors (Lipinski definition) is 4. The van der Waals surface area contributed by atoms with Crippen LogP contribution in [-0.2, 0) is 6.54 Å². The van der Waals surface area contributed by atoms with Crippen molar-refractivity contribution in [1.82, 2.24) is 9.97 Å². The minimum atomic E-state index is 0.641. The molecule has 0 aliphatic rings. The van der Waals surface area contributed by atoms with Crippen LogP contribution in [0.4, 0.5) is 11.8 Å². The minimum Gasteiger partial charge on any atom is -0.366 e. The molecule has 0 radical (unpaired) electrons. The molecule has 0 saturated heterocycles. The van der Waals surface area contributed by atoms with Crippen LogP contribution in [0.25, 0.3) is 0 Å². The van der Waals surface area contributed by atoms with Crippen LogP contribution >= 0.6 is 0 Å². The van der Waals surface area contributed by atoms with Crippen LogP contribution in [0.5, 0.6) is 0 Å². The highest BCUT2D eigenvalue weighted by Crippen LogP contribution is 2.12. The summed E-state index contributed by atoms with van der Waals surface area (Å²) in [7, 11) is 1.82. The molecule has 0 bridgehead atoms. The summed E-state index contributed by atoms with van der Waals surface area (Å²) >= 11 is 0. The second-order valence-corrected chi connectivity index (χ2v) is 4.25. The first-order valence-electron chi connectivity index (χ1n) is 6.01. The van der Waals surface area contributed by atoms with E-state index >= 15 is 0 Å². The first-order valence-corrected chi connectivity index (χ1v) is 6.01. The number of benzene rings is 1. The van der Waals surface area contributed by atoms with Crippen molar-refractivity contribution < 1.29 is 0 Å². The molecular weight excluding hydrogens is 224 g/mol. The fourth-order valence-corrected chi connectivity index (χ4v) is 1.77. The van der Waals surface area contributed by atoms with Crippen molar-refractivity contribution in [3.63, 3.8) is 0 Å². The molecule has 0 saturated carbocycles. The number of aromatic nitrogens is 2. The van der Waals surface area contributed by atoms with E-state index < -0.39 is 0 Å². The summed E-state index contributed by atoms with van der Waals surface area (Å²) in [5.74, 6) is 1.48. The third-order valence-electron chi connectivity index (χ3n) is 2.80. The number of nitrogens with one attached hydrogen (secondary N) is 2. The molecule has 4 heteroatoms. The maximum Gasteiger partial charge on any atom is 0.224 e. The quantitative estimate of drug-likeness (QED) is 0.865. The lowest BCUT2D eigenvalue weighted by atomic mass is 10.1. The zero-order valence-corrected chi connectivity index (χ0v) is 11.0. The first kappa shape index (κ1) is 12.4. The molecule has 0 aliphatic heterocycles. The van der Waals surface area contributed by atoms with Crippen molar-refractivity contribution in [2.24, 2.45) is 0 Å². The van der Waals surface area contributed by atoms with Crippen molar-refractivity contribution in [3.8, 4) is 0 Å². The average Bonchev–Trinajstić information content (AvgIpc) is 2.37. The van der Waals surface area contributed by atoms with Gasteiger partial charge in [0.25, 0.3) is 0 Å². The summed E-state index contributed by atoms with van der Waals surface area (Å²) in [5.41, 5.74) is 3.51. The minimum absolute atomic E-state index is 0.641. The van der Waals surface area contributed by atoms with Crippen LogP contribution in [0.1, 0.15) is 16.8 Å². The Balaban J connectivity index is 2.11. The Morgan fingerprint density at radius 2 is 1.89 bits per heavy atom. The molecule has 1 aromatic heterocycles. The molecular formula is C14H18N4. The van der Waals surface area contributed by atoms with Crippen LogP contribution in [-0.4, -0.2) is 17.0 Å². The van der Waals surface area contributed by atoms with Crippen molar-refractivity contribution in [2.45, 2.75) is 20.4 Å². The predicted molar refractivity (Wildman–Crippen MR) is 74.8 cm³/mol. The van der Waals surface area contributed by atoms with E-state index in [0.717, 1.165) is 18.1 Å². The summed E-state index contributed by atoms with van der Waals surface area (Å²) < 4.78 is 0. The second kappa shape index (κ2) is 5.49. The number of hydrogen-bond donors (Lipinski definition) is 2. The molecule has 94 valence electrons. The number of anilines is 2. The third-order valence-corrected chi connectivity index (χ3v) is 2.80. The average molecular weight is 242 g/mol. The molecule has 4 nitrogen and oxygen atoms in total. The Bertz CT molecular complexity index is 537. The Hall–Kier alpha value is -2.10. The lowest BCUT2D eigenvalue weighted by Gasteiger charge is -2.09. The van der Waals surface area contributed by atoms with E-state index in [-0.39, 0.29) is 0 Å². The Labute approximate surface area is 107 Å². The molecule has 0 spiro atoms. The summed E-state index contributed by atoms with van der Waals surface area (Å²) in [6.07, 6.45) is 0. The van der Waals surface area contributed by atoms with E-state index in [1.54, 1.807) is 0 Å². The Morgan fingerprint density at radius 3 is 2.61 bits per heavy atom. The van der Waals surface area contributed by atoms with Crippen LogP contribution in [0.3, 0.4) is 0 Å². The standard InChI is InChI=1S/C14H18N4/c1-10-6-4-5-7-12(10)9-16-13-8-11(2)17-14(15-3)18-13/h4-8H,9H2,1-3H3,(H2,15,16,17,18). The van der Waals surface area contributed by atoms with Gasteiger partial charge < -0.3 is 10.6 Å². The summed E-state index contributed by atoms with van der Waals surface area (Å²) in [4.78, 5) is 8.63. The lowest BCUT2D eigenvalue weighted by Crippen LogP contribution is -2.06. The third kappa shape index (κ3) is 2.97. The van der Waals surface area contributed by atoms with E-state index in [2.05, 4.69) is 39.7 Å². The van der Waals surface area contributed by atoms with E-state index in [0.29, 0.717) is 5.95 Å². The highest BCUT2D eigenvalue weighted by molar-refractivity contribution is 5.43. The fraction of sp³-hybridized carbons (Fsp3) is 0.286. The number of nitrogens with zero attached hydrogens (tertiary/aromatic N) is 2. The summed E-state index contributed by atoms with van der Waals surface area (Å²) in [6.45, 7) is 4.84. The molecule has 0 amide bonds. The Kier molecular flexibility index (Phi) is 3.77. The van der Waals surface area contributed by atoms with Gasteiger partial charge in [-0.05, 0) is 25.0 Å². The van der Waals surface area contributed by atoms with Gasteiger partial charge in [0.2, 0.25) is 5.95 Å². The second-order valence-electron chi connectivity index (χ2n) is 4.25. The van der Waals surface area contributed by atoms with Crippen molar-refractivity contribution >= 4 is 11.8 Å². The van der Waals surface area contributed by atoms with Gasteiger partial charge in [-0.15, -0.1) is 0 Å². The van der Waals surface area contributed by atoms with Gasteiger partial charge in [-0.3, -0.25) is 0 Å². The smallest absolute Gasteiger partial charge is 0.224 e. The van der Waals surface area contributed by atoms with Gasteiger partial charge in [0.05, 0.1) is 0 Å². The largest absolute Gasteiger partial charge is 0.366 e. The van der Waals surface area contributed by atoms with E-state index in [4.69, 9.17) is 0 Å². The monoisotopic (exact) mass is 242 g/mol. The zero-order valence-electron chi connectivity index (χ0n) is 11.0. The van der Waals surface area contributed by atoms with Crippen LogP contribution in [0.15, 0.2) is 30.3 Å².